The third kappa shape index (κ3) is 5.08. The molecule has 0 atom stereocenters. The van der Waals surface area contributed by atoms with Gasteiger partial charge in [-0.15, -0.1) is 0 Å². The van der Waals surface area contributed by atoms with Crippen LogP contribution in [0.5, 0.6) is 5.75 Å². The molecule has 1 amide bonds. The normalized spacial score (nSPS) is 16.0. The van der Waals surface area contributed by atoms with Crippen LogP contribution in [0.2, 0.25) is 0 Å². The van der Waals surface area contributed by atoms with Gasteiger partial charge < -0.3 is 10.1 Å². The Morgan fingerprint density at radius 2 is 1.70 bits per heavy atom. The van der Waals surface area contributed by atoms with Crippen molar-refractivity contribution in [3.05, 3.63) is 54.6 Å². The van der Waals surface area contributed by atoms with E-state index in [0.29, 0.717) is 30.4 Å². The SMILES string of the molecule is CC1CCN(S(=O)(=O)c2ccc(NC(=O)COc3ccccc3)cc2)CC1. The maximum atomic E-state index is 12.7. The van der Waals surface area contributed by atoms with Crippen molar-refractivity contribution in [2.24, 2.45) is 5.92 Å². The van der Waals surface area contributed by atoms with Crippen LogP contribution in [0.25, 0.3) is 0 Å². The summed E-state index contributed by atoms with van der Waals surface area (Å²) < 4.78 is 32.3. The molecule has 7 heteroatoms. The molecule has 2 aromatic rings. The average Bonchev–Trinajstić information content (AvgIpc) is 2.68. The standard InChI is InChI=1S/C20H24N2O4S/c1-16-11-13-22(14-12-16)27(24,25)19-9-7-17(8-10-19)21-20(23)15-26-18-5-3-2-4-6-18/h2-10,16H,11-15H2,1H3,(H,21,23). The van der Waals surface area contributed by atoms with Crippen LogP contribution in [0.15, 0.2) is 59.5 Å². The van der Waals surface area contributed by atoms with Gasteiger partial charge in [0.15, 0.2) is 6.61 Å². The van der Waals surface area contributed by atoms with E-state index in [0.717, 1.165) is 12.8 Å². The summed E-state index contributed by atoms with van der Waals surface area (Å²) >= 11 is 0. The molecule has 0 aliphatic carbocycles. The molecule has 0 spiro atoms. The largest absolute Gasteiger partial charge is 0.484 e. The fourth-order valence-electron chi connectivity index (χ4n) is 2.95. The number of amides is 1. The van der Waals surface area contributed by atoms with Crippen molar-refractivity contribution in [2.75, 3.05) is 25.0 Å². The molecule has 1 fully saturated rings. The molecule has 3 rings (SSSR count). The summed E-state index contributed by atoms with van der Waals surface area (Å²) in [5.74, 6) is 0.872. The van der Waals surface area contributed by atoms with Crippen LogP contribution in [-0.2, 0) is 14.8 Å². The number of hydrogen-bond acceptors (Lipinski definition) is 4. The van der Waals surface area contributed by atoms with Crippen LogP contribution < -0.4 is 10.1 Å². The minimum Gasteiger partial charge on any atom is -0.484 e. The van der Waals surface area contributed by atoms with Gasteiger partial charge in [-0.05, 0) is 55.2 Å². The number of ether oxygens (including phenoxy) is 1. The molecule has 1 N–H and O–H groups in total. The van der Waals surface area contributed by atoms with Gasteiger partial charge in [0.05, 0.1) is 4.90 Å². The lowest BCUT2D eigenvalue weighted by atomic mass is 10.0. The maximum Gasteiger partial charge on any atom is 0.262 e. The molecule has 0 unspecified atom stereocenters. The number of carbonyl (C=O) groups excluding carboxylic acids is 1. The molecule has 2 aromatic carbocycles. The zero-order chi connectivity index (χ0) is 19.3. The highest BCUT2D eigenvalue weighted by Crippen LogP contribution is 2.24. The molecule has 1 saturated heterocycles. The van der Waals surface area contributed by atoms with Crippen molar-refractivity contribution in [1.82, 2.24) is 4.31 Å². The van der Waals surface area contributed by atoms with Gasteiger partial charge in [-0.1, -0.05) is 25.1 Å². The fourth-order valence-corrected chi connectivity index (χ4v) is 4.42. The summed E-state index contributed by atoms with van der Waals surface area (Å²) in [7, 11) is -3.48. The molecule has 1 aliphatic heterocycles. The van der Waals surface area contributed by atoms with Crippen molar-refractivity contribution in [3.63, 3.8) is 0 Å². The molecule has 1 aliphatic rings. The summed E-state index contributed by atoms with van der Waals surface area (Å²) in [5.41, 5.74) is 0.530. The monoisotopic (exact) mass is 388 g/mol. The van der Waals surface area contributed by atoms with Crippen LogP contribution in [-0.4, -0.2) is 38.3 Å². The Bertz CT molecular complexity index is 859. The molecule has 0 radical (unpaired) electrons. The van der Waals surface area contributed by atoms with Crippen LogP contribution in [0.1, 0.15) is 19.8 Å². The highest BCUT2D eigenvalue weighted by molar-refractivity contribution is 7.89. The molecule has 1 heterocycles. The number of benzene rings is 2. The summed E-state index contributed by atoms with van der Waals surface area (Å²) in [4.78, 5) is 12.2. The van der Waals surface area contributed by atoms with Crippen LogP contribution in [0, 0.1) is 5.92 Å². The lowest BCUT2D eigenvalue weighted by Crippen LogP contribution is -2.37. The summed E-state index contributed by atoms with van der Waals surface area (Å²) in [6, 6.07) is 15.3. The van der Waals surface area contributed by atoms with Gasteiger partial charge in [0, 0.05) is 18.8 Å². The summed E-state index contributed by atoms with van der Waals surface area (Å²) in [5, 5.41) is 2.70. The van der Waals surface area contributed by atoms with E-state index in [-0.39, 0.29) is 17.4 Å². The Hall–Kier alpha value is -2.38. The van der Waals surface area contributed by atoms with Gasteiger partial charge in [-0.2, -0.15) is 4.31 Å². The maximum absolute atomic E-state index is 12.7. The van der Waals surface area contributed by atoms with Crippen LogP contribution in [0.4, 0.5) is 5.69 Å². The fraction of sp³-hybridized carbons (Fsp3) is 0.350. The second-order valence-electron chi connectivity index (χ2n) is 6.76. The van der Waals surface area contributed by atoms with E-state index in [1.807, 2.05) is 18.2 Å². The predicted octanol–water partition coefficient (Wildman–Crippen LogP) is 3.12. The Balaban J connectivity index is 1.57. The van der Waals surface area contributed by atoms with Gasteiger partial charge in [0.25, 0.3) is 5.91 Å². The van der Waals surface area contributed by atoms with E-state index in [2.05, 4.69) is 12.2 Å². The van der Waals surface area contributed by atoms with Gasteiger partial charge in [0.1, 0.15) is 5.75 Å². The number of para-hydroxylation sites is 1. The van der Waals surface area contributed by atoms with E-state index in [4.69, 9.17) is 4.74 Å². The van der Waals surface area contributed by atoms with E-state index >= 15 is 0 Å². The molecule has 0 aromatic heterocycles. The van der Waals surface area contributed by atoms with E-state index < -0.39 is 10.0 Å². The number of rotatable bonds is 6. The zero-order valence-electron chi connectivity index (χ0n) is 15.3. The first-order valence-corrected chi connectivity index (χ1v) is 10.5. The highest BCUT2D eigenvalue weighted by Gasteiger charge is 2.27. The highest BCUT2D eigenvalue weighted by atomic mass is 32.2. The van der Waals surface area contributed by atoms with Crippen molar-refractivity contribution < 1.29 is 17.9 Å². The van der Waals surface area contributed by atoms with Gasteiger partial charge in [-0.25, -0.2) is 8.42 Å². The number of nitrogens with zero attached hydrogens (tertiary/aromatic N) is 1. The average molecular weight is 388 g/mol. The molecule has 0 saturated carbocycles. The second-order valence-corrected chi connectivity index (χ2v) is 8.70. The van der Waals surface area contributed by atoms with Crippen molar-refractivity contribution in [2.45, 2.75) is 24.7 Å². The van der Waals surface area contributed by atoms with Crippen molar-refractivity contribution >= 4 is 21.6 Å². The van der Waals surface area contributed by atoms with Crippen molar-refractivity contribution in [1.29, 1.82) is 0 Å². The molecule has 144 valence electrons. The number of piperidine rings is 1. The van der Waals surface area contributed by atoms with Gasteiger partial charge in [-0.3, -0.25) is 4.79 Å². The number of hydrogen-bond donors (Lipinski definition) is 1. The zero-order valence-corrected chi connectivity index (χ0v) is 16.1. The van der Waals surface area contributed by atoms with Crippen LogP contribution in [0.3, 0.4) is 0 Å². The Morgan fingerprint density at radius 1 is 1.07 bits per heavy atom. The Kier molecular flexibility index (Phi) is 6.13. The van der Waals surface area contributed by atoms with E-state index in [9.17, 15) is 13.2 Å². The molecule has 0 bridgehead atoms. The first-order chi connectivity index (χ1) is 12.9. The topological polar surface area (TPSA) is 75.7 Å². The van der Waals surface area contributed by atoms with E-state index in [1.165, 1.54) is 16.4 Å². The quantitative estimate of drug-likeness (QED) is 0.825. The Morgan fingerprint density at radius 3 is 2.33 bits per heavy atom. The number of anilines is 1. The predicted molar refractivity (Wildman–Crippen MR) is 104 cm³/mol. The molecule has 27 heavy (non-hydrogen) atoms. The lowest BCUT2D eigenvalue weighted by Gasteiger charge is -2.29. The molecule has 6 nitrogen and oxygen atoms in total. The number of nitrogens with one attached hydrogen (secondary N) is 1. The van der Waals surface area contributed by atoms with Gasteiger partial charge >= 0.3 is 0 Å². The minimum absolute atomic E-state index is 0.115. The molecular formula is C20H24N2O4S. The summed E-state index contributed by atoms with van der Waals surface area (Å²) in [6.07, 6.45) is 1.77. The first kappa shape index (κ1) is 19.4. The third-order valence-electron chi connectivity index (χ3n) is 4.63. The van der Waals surface area contributed by atoms with E-state index in [1.54, 1.807) is 24.3 Å². The summed E-state index contributed by atoms with van der Waals surface area (Å²) in [6.45, 7) is 3.14. The van der Waals surface area contributed by atoms with Crippen LogP contribution >= 0.6 is 0 Å². The van der Waals surface area contributed by atoms with Crippen molar-refractivity contribution in [3.8, 4) is 5.75 Å². The second kappa shape index (κ2) is 8.54. The molecular weight excluding hydrogens is 364 g/mol. The number of carbonyl (C=O) groups is 1. The lowest BCUT2D eigenvalue weighted by molar-refractivity contribution is -0.118. The number of sulfonamides is 1. The van der Waals surface area contributed by atoms with Gasteiger partial charge in [0.2, 0.25) is 10.0 Å². The minimum atomic E-state index is -3.48. The third-order valence-corrected chi connectivity index (χ3v) is 6.54. The Labute approximate surface area is 160 Å². The first-order valence-electron chi connectivity index (χ1n) is 9.03. The smallest absolute Gasteiger partial charge is 0.262 e.